The van der Waals surface area contributed by atoms with Gasteiger partial charge < -0.3 is 25.4 Å². The first-order chi connectivity index (χ1) is 19.9. The Bertz CT molecular complexity index is 1570. The van der Waals surface area contributed by atoms with Crippen molar-refractivity contribution in [2.45, 2.75) is 57.5 Å². The Labute approximate surface area is 242 Å². The Morgan fingerprint density at radius 2 is 1.95 bits per heavy atom. The predicted octanol–water partition coefficient (Wildman–Crippen LogP) is 4.55. The van der Waals surface area contributed by atoms with Crippen LogP contribution in [0.1, 0.15) is 71.9 Å². The number of carbonyl (C=O) groups excluding carboxylic acids is 3. The number of carbonyl (C=O) groups is 3. The first kappa shape index (κ1) is 28.9. The van der Waals surface area contributed by atoms with Crippen LogP contribution in [0, 0.1) is 5.82 Å². The van der Waals surface area contributed by atoms with Crippen molar-refractivity contribution in [1.29, 1.82) is 0 Å². The van der Waals surface area contributed by atoms with E-state index in [9.17, 15) is 14.4 Å². The zero-order valence-electron chi connectivity index (χ0n) is 24.0. The number of aromatic nitrogens is 3. The van der Waals surface area contributed by atoms with E-state index in [1.807, 2.05) is 0 Å². The number of nitrogens with zero attached hydrogens (tertiary/aromatic N) is 4. The SMILES string of the molecule is CN(CCOc1c(N)ncnc1-c1ccnc(NC(=O)c2cc3c(cc2F)C2(CC3)CC2)c1C=O)C(=O)OC(C)(C)C. The van der Waals surface area contributed by atoms with Gasteiger partial charge in [0.2, 0.25) is 0 Å². The third kappa shape index (κ3) is 5.74. The first-order valence-corrected chi connectivity index (χ1v) is 13.7. The Morgan fingerprint density at radius 3 is 2.64 bits per heavy atom. The summed E-state index contributed by atoms with van der Waals surface area (Å²) in [5.41, 5.74) is 7.83. The second kappa shape index (κ2) is 11.0. The van der Waals surface area contributed by atoms with Crippen LogP contribution in [0.2, 0.25) is 0 Å². The Kier molecular flexibility index (Phi) is 7.56. The number of aryl methyl sites for hydroxylation is 1. The number of fused-ring (bicyclic) bond motifs is 2. The van der Waals surface area contributed by atoms with Crippen LogP contribution in [0.25, 0.3) is 11.3 Å². The molecule has 220 valence electrons. The number of pyridine rings is 1. The van der Waals surface area contributed by atoms with E-state index in [1.54, 1.807) is 33.9 Å². The number of nitrogens with two attached hydrogens (primary N) is 1. The average molecular weight is 577 g/mol. The fraction of sp³-hybridized carbons (Fsp3) is 0.400. The number of hydrogen-bond donors (Lipinski definition) is 2. The van der Waals surface area contributed by atoms with Crippen LogP contribution in [0.3, 0.4) is 0 Å². The summed E-state index contributed by atoms with van der Waals surface area (Å²) >= 11 is 0. The molecule has 42 heavy (non-hydrogen) atoms. The lowest BCUT2D eigenvalue weighted by Gasteiger charge is -2.24. The number of rotatable bonds is 8. The molecule has 12 heteroatoms. The van der Waals surface area contributed by atoms with Crippen LogP contribution in [0.4, 0.5) is 20.8 Å². The van der Waals surface area contributed by atoms with Gasteiger partial charge in [0.1, 0.15) is 35.9 Å². The van der Waals surface area contributed by atoms with Crippen molar-refractivity contribution < 1.29 is 28.2 Å². The number of hydrogen-bond acceptors (Lipinski definition) is 9. The highest BCUT2D eigenvalue weighted by Gasteiger charge is 2.48. The Morgan fingerprint density at radius 1 is 1.19 bits per heavy atom. The summed E-state index contributed by atoms with van der Waals surface area (Å²) in [4.78, 5) is 51.5. The molecular weight excluding hydrogens is 543 g/mol. The number of benzene rings is 1. The van der Waals surface area contributed by atoms with Gasteiger partial charge in [-0.15, -0.1) is 0 Å². The second-order valence-electron chi connectivity index (χ2n) is 11.6. The lowest BCUT2D eigenvalue weighted by atomic mass is 9.96. The van der Waals surface area contributed by atoms with Crippen molar-refractivity contribution in [1.82, 2.24) is 19.9 Å². The molecule has 1 fully saturated rings. The minimum Gasteiger partial charge on any atom is -0.486 e. The maximum atomic E-state index is 15.1. The van der Waals surface area contributed by atoms with Crippen molar-refractivity contribution in [2.75, 3.05) is 31.2 Å². The molecule has 0 atom stereocenters. The second-order valence-corrected chi connectivity index (χ2v) is 11.6. The number of anilines is 2. The molecular formula is C30H33FN6O5. The predicted molar refractivity (Wildman–Crippen MR) is 153 cm³/mol. The summed E-state index contributed by atoms with van der Waals surface area (Å²) in [6.07, 6.45) is 6.45. The molecule has 2 aliphatic rings. The minimum absolute atomic E-state index is 0.00169. The molecule has 3 N–H and O–H groups in total. The number of halogens is 1. The molecule has 5 rings (SSSR count). The van der Waals surface area contributed by atoms with E-state index in [4.69, 9.17) is 15.2 Å². The summed E-state index contributed by atoms with van der Waals surface area (Å²) in [5.74, 6) is -1.31. The van der Waals surface area contributed by atoms with Crippen LogP contribution in [0.15, 0.2) is 30.7 Å². The van der Waals surface area contributed by atoms with E-state index >= 15 is 4.39 Å². The molecule has 1 spiro atoms. The average Bonchev–Trinajstić information content (AvgIpc) is 3.64. The van der Waals surface area contributed by atoms with E-state index < -0.39 is 23.4 Å². The van der Waals surface area contributed by atoms with Crippen LogP contribution >= 0.6 is 0 Å². The smallest absolute Gasteiger partial charge is 0.410 e. The molecule has 2 amide bonds. The third-order valence-corrected chi connectivity index (χ3v) is 7.54. The molecule has 2 aliphatic carbocycles. The molecule has 11 nitrogen and oxygen atoms in total. The van der Waals surface area contributed by atoms with E-state index in [2.05, 4.69) is 20.3 Å². The highest BCUT2D eigenvalue weighted by Crippen LogP contribution is 2.57. The fourth-order valence-corrected chi connectivity index (χ4v) is 5.18. The maximum absolute atomic E-state index is 15.1. The minimum atomic E-state index is -0.719. The fourth-order valence-electron chi connectivity index (χ4n) is 5.18. The summed E-state index contributed by atoms with van der Waals surface area (Å²) in [7, 11) is 1.57. The number of likely N-dealkylation sites (N-methyl/N-ethyl adjacent to an activating group) is 1. The van der Waals surface area contributed by atoms with E-state index in [0.29, 0.717) is 6.29 Å². The van der Waals surface area contributed by atoms with E-state index in [0.717, 1.165) is 36.8 Å². The molecule has 1 saturated carbocycles. The van der Waals surface area contributed by atoms with Gasteiger partial charge in [0, 0.05) is 18.8 Å². The molecule has 0 radical (unpaired) electrons. The molecule has 0 saturated heterocycles. The van der Waals surface area contributed by atoms with Gasteiger partial charge in [-0.2, -0.15) is 0 Å². The topological polar surface area (TPSA) is 150 Å². The number of amides is 2. The first-order valence-electron chi connectivity index (χ1n) is 13.7. The van der Waals surface area contributed by atoms with Crippen molar-refractivity contribution in [3.05, 3.63) is 58.8 Å². The van der Waals surface area contributed by atoms with Crippen molar-refractivity contribution in [2.24, 2.45) is 0 Å². The van der Waals surface area contributed by atoms with E-state index in [-0.39, 0.29) is 58.3 Å². The lowest BCUT2D eigenvalue weighted by Crippen LogP contribution is -2.36. The van der Waals surface area contributed by atoms with Crippen LogP contribution in [-0.4, -0.2) is 63.9 Å². The summed E-state index contributed by atoms with van der Waals surface area (Å²) in [6.45, 7) is 5.48. The largest absolute Gasteiger partial charge is 0.486 e. The number of nitrogen functional groups attached to an aromatic ring is 1. The monoisotopic (exact) mass is 576 g/mol. The normalized spacial score (nSPS) is 14.7. The van der Waals surface area contributed by atoms with Crippen molar-refractivity contribution in [3.8, 4) is 17.0 Å². The van der Waals surface area contributed by atoms with Gasteiger partial charge in [-0.3, -0.25) is 9.59 Å². The van der Waals surface area contributed by atoms with Crippen LogP contribution in [-0.2, 0) is 16.6 Å². The van der Waals surface area contributed by atoms with Crippen molar-refractivity contribution in [3.63, 3.8) is 0 Å². The maximum Gasteiger partial charge on any atom is 0.410 e. The van der Waals surface area contributed by atoms with Gasteiger partial charge in [-0.25, -0.2) is 24.1 Å². The summed E-state index contributed by atoms with van der Waals surface area (Å²) in [5, 5.41) is 2.58. The van der Waals surface area contributed by atoms with Gasteiger partial charge in [0.05, 0.1) is 17.7 Å². The molecule has 0 unspecified atom stereocenters. The van der Waals surface area contributed by atoms with Crippen LogP contribution < -0.4 is 15.8 Å². The summed E-state index contributed by atoms with van der Waals surface area (Å²) < 4.78 is 26.3. The molecule has 1 aromatic carbocycles. The molecule has 0 bridgehead atoms. The van der Waals surface area contributed by atoms with E-state index in [1.165, 1.54) is 29.6 Å². The highest BCUT2D eigenvalue weighted by molar-refractivity contribution is 6.07. The zero-order valence-corrected chi connectivity index (χ0v) is 24.0. The van der Waals surface area contributed by atoms with Gasteiger partial charge in [0.15, 0.2) is 17.9 Å². The Balaban J connectivity index is 1.37. The number of aldehydes is 1. The lowest BCUT2D eigenvalue weighted by molar-refractivity contribution is 0.0278. The highest BCUT2D eigenvalue weighted by atomic mass is 19.1. The Hall–Kier alpha value is -4.61. The van der Waals surface area contributed by atoms with Crippen molar-refractivity contribution >= 4 is 29.9 Å². The summed E-state index contributed by atoms with van der Waals surface area (Å²) in [6, 6.07) is 4.59. The van der Waals surface area contributed by atoms with Gasteiger partial charge in [-0.05, 0) is 81.2 Å². The molecule has 3 aromatic rings. The van der Waals surface area contributed by atoms with Gasteiger partial charge >= 0.3 is 6.09 Å². The molecule has 2 heterocycles. The number of ether oxygens (including phenoxy) is 2. The standard InChI is InChI=1S/C30H33FN6O5/c1-29(2,3)42-28(40)37(4)11-12-41-24-23(34-16-35-25(24)32)18-6-10-33-26(20(18)15-38)36-27(39)19-13-17-5-7-30(8-9-30)21(17)14-22(19)31/h6,10,13-16H,5,7-9,11-12H2,1-4H3,(H2,32,34,35)(H,33,36,39). The van der Waals surface area contributed by atoms with Gasteiger partial charge in [-0.1, -0.05) is 0 Å². The quantitative estimate of drug-likeness (QED) is 0.368. The molecule has 2 aromatic heterocycles. The third-order valence-electron chi connectivity index (χ3n) is 7.54. The zero-order chi connectivity index (χ0) is 30.2. The van der Waals surface area contributed by atoms with Crippen LogP contribution in [0.5, 0.6) is 5.75 Å². The van der Waals surface area contributed by atoms with Gasteiger partial charge in [0.25, 0.3) is 5.91 Å². The number of nitrogens with one attached hydrogen (secondary N) is 1. The molecule has 0 aliphatic heterocycles.